The fraction of sp³-hybridized carbons (Fsp3) is 0.833. The van der Waals surface area contributed by atoms with Crippen LogP contribution >= 0.6 is 8.53 Å². The zero-order chi connectivity index (χ0) is 26.8. The van der Waals surface area contributed by atoms with Crippen molar-refractivity contribution in [2.24, 2.45) is 5.92 Å². The number of nitriles is 1. The smallest absolute Gasteiger partial charge is 0.407 e. The molecule has 1 aliphatic rings. The molecule has 0 aromatic rings. The van der Waals surface area contributed by atoms with Gasteiger partial charge in [-0.3, -0.25) is 0 Å². The zero-order valence-corrected chi connectivity index (χ0v) is 24.4. The number of amides is 1. The van der Waals surface area contributed by atoms with E-state index in [1.54, 1.807) is 0 Å². The number of hydrogen-bond acceptors (Lipinski definition) is 8. The maximum atomic E-state index is 12.0. The van der Waals surface area contributed by atoms with E-state index in [1.807, 2.05) is 13.1 Å². The second kappa shape index (κ2) is 14.5. The van der Waals surface area contributed by atoms with Crippen molar-refractivity contribution in [3.8, 4) is 18.4 Å². The van der Waals surface area contributed by atoms with Crippen LogP contribution in [0.25, 0.3) is 0 Å². The summed E-state index contributed by atoms with van der Waals surface area (Å²) in [5, 5.41) is 11.2. The summed E-state index contributed by atoms with van der Waals surface area (Å²) in [4.78, 5) is 22.9. The van der Waals surface area contributed by atoms with Crippen molar-refractivity contribution in [1.82, 2.24) is 9.99 Å². The molecule has 0 aromatic heterocycles. The van der Waals surface area contributed by atoms with E-state index in [-0.39, 0.29) is 49.2 Å². The van der Waals surface area contributed by atoms with Crippen molar-refractivity contribution in [2.45, 2.75) is 96.8 Å². The van der Waals surface area contributed by atoms with Crippen LogP contribution in [0.4, 0.5) is 4.79 Å². The van der Waals surface area contributed by atoms with Crippen molar-refractivity contribution in [3.63, 3.8) is 0 Å². The Morgan fingerprint density at radius 3 is 2.49 bits per heavy atom. The molecule has 9 nitrogen and oxygen atoms in total. The molecule has 0 saturated carbocycles. The quantitative estimate of drug-likeness (QED) is 0.147. The predicted molar refractivity (Wildman–Crippen MR) is 140 cm³/mol. The summed E-state index contributed by atoms with van der Waals surface area (Å²) < 4.78 is 26.4. The first-order valence-electron chi connectivity index (χ1n) is 12.2. The molecule has 1 amide bonds. The van der Waals surface area contributed by atoms with E-state index in [0.29, 0.717) is 13.0 Å². The van der Waals surface area contributed by atoms with Gasteiger partial charge in [0.15, 0.2) is 8.32 Å². The number of carbonyl (C=O) groups is 1. The van der Waals surface area contributed by atoms with Crippen LogP contribution in [0.5, 0.6) is 0 Å². The lowest BCUT2D eigenvalue weighted by molar-refractivity contribution is -0.00214. The first-order valence-corrected chi connectivity index (χ1v) is 16.3. The van der Waals surface area contributed by atoms with Gasteiger partial charge in [0.05, 0.1) is 32.2 Å². The highest BCUT2D eigenvalue weighted by atomic mass is 31.2. The molecule has 11 heteroatoms. The Hall–Kier alpha value is -1.23. The molecule has 2 unspecified atom stereocenters. The number of carbonyl (C=O) groups excluding carboxylic acids is 1. The van der Waals surface area contributed by atoms with Gasteiger partial charge in [0.1, 0.15) is 18.8 Å². The highest BCUT2D eigenvalue weighted by Crippen LogP contribution is 2.52. The number of nitrogens with zero attached hydrogens (tertiary/aromatic N) is 2. The van der Waals surface area contributed by atoms with Crippen molar-refractivity contribution in [2.75, 3.05) is 26.4 Å². The SMILES string of the molecule is C#CCNC(=O)OC[C@H]1OC[C@@H](CC(C)(C)[Si](C)(C)O)C1OP(OCCC#N)N(C(C)C)C(C)C. The van der Waals surface area contributed by atoms with E-state index >= 15 is 0 Å². The van der Waals surface area contributed by atoms with Crippen molar-refractivity contribution in [3.05, 3.63) is 0 Å². The monoisotopic (exact) mass is 529 g/mol. The second-order valence-electron chi connectivity index (χ2n) is 10.6. The molecule has 1 rings (SSSR count). The molecule has 1 heterocycles. The largest absolute Gasteiger partial charge is 0.447 e. The van der Waals surface area contributed by atoms with Gasteiger partial charge in [-0.1, -0.05) is 19.8 Å². The number of nitrogens with one attached hydrogen (secondary N) is 1. The molecular weight excluding hydrogens is 485 g/mol. The Balaban J connectivity index is 3.18. The lowest BCUT2D eigenvalue weighted by Crippen LogP contribution is -2.43. The molecule has 0 radical (unpaired) electrons. The van der Waals surface area contributed by atoms with Crippen LogP contribution in [0.1, 0.15) is 54.4 Å². The second-order valence-corrected chi connectivity index (χ2v) is 16.4. The summed E-state index contributed by atoms with van der Waals surface area (Å²) in [7, 11) is -3.99. The summed E-state index contributed by atoms with van der Waals surface area (Å²) in [6, 6.07) is 2.41. The van der Waals surface area contributed by atoms with Crippen LogP contribution in [0.2, 0.25) is 18.1 Å². The third-order valence-corrected chi connectivity index (χ3v) is 12.0. The highest BCUT2D eigenvalue weighted by Gasteiger charge is 2.48. The molecule has 0 aliphatic carbocycles. The molecule has 2 N–H and O–H groups in total. The Kier molecular flexibility index (Phi) is 13.2. The lowest BCUT2D eigenvalue weighted by atomic mass is 9.91. The number of hydrogen-bond donors (Lipinski definition) is 2. The van der Waals surface area contributed by atoms with E-state index in [1.165, 1.54) is 0 Å². The van der Waals surface area contributed by atoms with Crippen molar-refractivity contribution in [1.29, 1.82) is 5.26 Å². The molecule has 4 atom stereocenters. The molecule has 200 valence electrons. The van der Waals surface area contributed by atoms with Crippen LogP contribution in [0.15, 0.2) is 0 Å². The number of ether oxygens (including phenoxy) is 2. The van der Waals surface area contributed by atoms with Gasteiger partial charge in [-0.05, 0) is 52.2 Å². The lowest BCUT2D eigenvalue weighted by Gasteiger charge is -2.40. The van der Waals surface area contributed by atoms with Gasteiger partial charge in [-0.25, -0.2) is 9.46 Å². The normalized spacial score (nSPS) is 21.7. The molecule has 1 aliphatic heterocycles. The average molecular weight is 530 g/mol. The Morgan fingerprint density at radius 2 is 1.97 bits per heavy atom. The van der Waals surface area contributed by atoms with Crippen LogP contribution in [0.3, 0.4) is 0 Å². The molecule has 0 spiro atoms. The summed E-state index contributed by atoms with van der Waals surface area (Å²) in [6.07, 6.45) is 4.61. The predicted octanol–water partition coefficient (Wildman–Crippen LogP) is 4.39. The molecule has 1 fully saturated rings. The first kappa shape index (κ1) is 31.8. The van der Waals surface area contributed by atoms with E-state index in [0.717, 1.165) is 0 Å². The van der Waals surface area contributed by atoms with Crippen LogP contribution < -0.4 is 5.32 Å². The zero-order valence-electron chi connectivity index (χ0n) is 22.5. The maximum absolute atomic E-state index is 12.0. The summed E-state index contributed by atoms with van der Waals surface area (Å²) in [5.74, 6) is 2.31. The van der Waals surface area contributed by atoms with Crippen LogP contribution in [0, 0.1) is 29.6 Å². The Morgan fingerprint density at radius 1 is 1.34 bits per heavy atom. The Labute approximate surface area is 213 Å². The maximum Gasteiger partial charge on any atom is 0.407 e. The van der Waals surface area contributed by atoms with E-state index in [2.05, 4.69) is 63.5 Å². The number of rotatable bonds is 14. The molecular formula is C24H44N3O6PSi. The summed E-state index contributed by atoms with van der Waals surface area (Å²) in [6.45, 7) is 17.1. The van der Waals surface area contributed by atoms with Gasteiger partial charge in [-0.15, -0.1) is 6.42 Å². The van der Waals surface area contributed by atoms with E-state index < -0.39 is 35.1 Å². The number of alkyl carbamates (subject to hydrolysis) is 1. The fourth-order valence-corrected chi connectivity index (χ4v) is 6.43. The summed E-state index contributed by atoms with van der Waals surface area (Å²) >= 11 is 0. The molecule has 0 aromatic carbocycles. The highest BCUT2D eigenvalue weighted by molar-refractivity contribution is 7.44. The number of terminal acetylenes is 1. The van der Waals surface area contributed by atoms with Gasteiger partial charge >= 0.3 is 6.09 Å². The fourth-order valence-electron chi connectivity index (χ4n) is 3.85. The van der Waals surface area contributed by atoms with Crippen LogP contribution in [-0.2, 0) is 18.5 Å². The van der Waals surface area contributed by atoms with Gasteiger partial charge in [0.2, 0.25) is 0 Å². The van der Waals surface area contributed by atoms with Gasteiger partial charge in [0.25, 0.3) is 8.53 Å². The van der Waals surface area contributed by atoms with Gasteiger partial charge in [-0.2, -0.15) is 5.26 Å². The topological polar surface area (TPSA) is 113 Å². The minimum atomic E-state index is -2.48. The van der Waals surface area contributed by atoms with E-state index in [4.69, 9.17) is 30.2 Å². The Bertz CT molecular complexity index is 739. The molecule has 35 heavy (non-hydrogen) atoms. The average Bonchev–Trinajstić information content (AvgIpc) is 3.10. The van der Waals surface area contributed by atoms with Crippen molar-refractivity contribution < 1.29 is 28.1 Å². The third kappa shape index (κ3) is 9.97. The first-order chi connectivity index (χ1) is 16.2. The van der Waals surface area contributed by atoms with Crippen LogP contribution in [-0.4, -0.2) is 74.5 Å². The summed E-state index contributed by atoms with van der Waals surface area (Å²) in [5.41, 5.74) is 0. The van der Waals surface area contributed by atoms with Crippen molar-refractivity contribution >= 4 is 22.9 Å². The molecule has 0 bridgehead atoms. The van der Waals surface area contributed by atoms with Gasteiger partial charge in [0, 0.05) is 18.0 Å². The van der Waals surface area contributed by atoms with Gasteiger partial charge < -0.3 is 28.6 Å². The standard InChI is InChI=1S/C24H44N3O6PSi/c1-10-13-26-23(28)31-17-21-22(20(16-30-21)15-24(6,7)35(8,9)29)33-34(32-14-11-12-25)27(18(2)3)19(4)5/h1,18-22,29H,11,13-17H2,2-9H3,(H,26,28)/t20-,21-,22?,34?/m1/s1. The minimum absolute atomic E-state index is 0.00265. The molecule has 1 saturated heterocycles. The van der Waals surface area contributed by atoms with E-state index in [9.17, 15) is 9.59 Å². The minimum Gasteiger partial charge on any atom is -0.447 e. The third-order valence-electron chi connectivity index (χ3n) is 6.37.